The van der Waals surface area contributed by atoms with Gasteiger partial charge < -0.3 is 19.9 Å². The monoisotopic (exact) mass is 443 g/mol. The van der Waals surface area contributed by atoms with E-state index < -0.39 is 0 Å². The van der Waals surface area contributed by atoms with Gasteiger partial charge in [0, 0.05) is 23.2 Å². The molecule has 1 fully saturated rings. The first-order chi connectivity index (χ1) is 16.1. The number of hydrogen-bond acceptors (Lipinski definition) is 6. The summed E-state index contributed by atoms with van der Waals surface area (Å²) in [4.78, 5) is 8.29. The van der Waals surface area contributed by atoms with Crippen molar-refractivity contribution in [3.05, 3.63) is 58.9 Å². The third-order valence-corrected chi connectivity index (χ3v) is 6.40. The minimum Gasteiger partial charge on any atom is -0.502 e. The number of nitrogens with zero attached hydrogens (tertiary/aromatic N) is 3. The van der Waals surface area contributed by atoms with Gasteiger partial charge in [-0.25, -0.2) is 4.85 Å². The van der Waals surface area contributed by atoms with Gasteiger partial charge in [0.2, 0.25) is 11.5 Å². The molecule has 1 aromatic heterocycles. The van der Waals surface area contributed by atoms with Crippen LogP contribution in [-0.2, 0) is 6.42 Å². The van der Waals surface area contributed by atoms with Crippen molar-refractivity contribution in [3.8, 4) is 28.6 Å². The van der Waals surface area contributed by atoms with Gasteiger partial charge in [-0.05, 0) is 81.9 Å². The topological polar surface area (TPSA) is 76.6 Å². The maximum absolute atomic E-state index is 7.49. The standard InChI is InChI=1S/C26H29N5O2/c1-16(2)32-24-10-7-17(15-23(24)27-3)26-30-25(31-33-26)21-6-4-5-20-19(21)8-9-22(20)29-18-11-13-28-14-12-18/h4-7,10,15-16,18,22,28-29H,8-9,11-14H2,1-2H3. The molecule has 1 unspecified atom stereocenters. The van der Waals surface area contributed by atoms with Gasteiger partial charge in [-0.1, -0.05) is 23.4 Å². The molecule has 0 spiro atoms. The largest absolute Gasteiger partial charge is 0.502 e. The number of rotatable bonds is 6. The van der Waals surface area contributed by atoms with Crippen molar-refractivity contribution in [1.29, 1.82) is 0 Å². The van der Waals surface area contributed by atoms with Gasteiger partial charge in [0.15, 0.2) is 0 Å². The van der Waals surface area contributed by atoms with Crippen LogP contribution < -0.4 is 15.4 Å². The molecule has 2 aliphatic rings. The lowest BCUT2D eigenvalue weighted by molar-refractivity contribution is 0.244. The highest BCUT2D eigenvalue weighted by atomic mass is 16.5. The van der Waals surface area contributed by atoms with E-state index in [1.54, 1.807) is 12.1 Å². The molecule has 1 aliphatic carbocycles. The van der Waals surface area contributed by atoms with E-state index in [-0.39, 0.29) is 6.10 Å². The van der Waals surface area contributed by atoms with Crippen LogP contribution >= 0.6 is 0 Å². The molecule has 1 atom stereocenters. The number of ether oxygens (including phenoxy) is 1. The molecule has 0 amide bonds. The second kappa shape index (κ2) is 9.34. The van der Waals surface area contributed by atoms with E-state index in [0.717, 1.165) is 31.5 Å². The summed E-state index contributed by atoms with van der Waals surface area (Å²) in [5.74, 6) is 1.57. The van der Waals surface area contributed by atoms with Crippen molar-refractivity contribution in [2.45, 2.75) is 57.7 Å². The summed E-state index contributed by atoms with van der Waals surface area (Å²) in [6.45, 7) is 13.5. The summed E-state index contributed by atoms with van der Waals surface area (Å²) < 4.78 is 11.3. The Kier molecular flexibility index (Phi) is 6.12. The summed E-state index contributed by atoms with van der Waals surface area (Å²) in [7, 11) is 0. The molecule has 0 saturated carbocycles. The highest BCUT2D eigenvalue weighted by Crippen LogP contribution is 2.38. The van der Waals surface area contributed by atoms with Gasteiger partial charge in [0.1, 0.15) is 5.75 Å². The van der Waals surface area contributed by atoms with Crippen LogP contribution in [0.3, 0.4) is 0 Å². The van der Waals surface area contributed by atoms with E-state index in [2.05, 4.69) is 43.8 Å². The van der Waals surface area contributed by atoms with E-state index in [0.29, 0.717) is 40.8 Å². The quantitative estimate of drug-likeness (QED) is 0.518. The Morgan fingerprint density at radius 2 is 2.03 bits per heavy atom. The number of hydrogen-bond donors (Lipinski definition) is 2. The second-order valence-electron chi connectivity index (χ2n) is 9.04. The van der Waals surface area contributed by atoms with E-state index >= 15 is 0 Å². The first kappa shape index (κ1) is 21.6. The zero-order valence-corrected chi connectivity index (χ0v) is 19.1. The summed E-state index contributed by atoms with van der Waals surface area (Å²) in [6, 6.07) is 12.7. The number of piperidine rings is 1. The van der Waals surface area contributed by atoms with Crippen molar-refractivity contribution < 1.29 is 9.26 Å². The van der Waals surface area contributed by atoms with E-state index in [4.69, 9.17) is 15.8 Å². The molecule has 0 bridgehead atoms. The Labute approximate surface area is 194 Å². The van der Waals surface area contributed by atoms with E-state index in [1.165, 1.54) is 24.0 Å². The molecular weight excluding hydrogens is 414 g/mol. The van der Waals surface area contributed by atoms with Crippen molar-refractivity contribution in [2.24, 2.45) is 0 Å². The number of aromatic nitrogens is 2. The SMILES string of the molecule is [C-]#[N+]c1cc(-c2nc(-c3cccc4c3CCC4NC3CCNCC3)no2)ccc1OC(C)C. The van der Waals surface area contributed by atoms with Crippen molar-refractivity contribution in [1.82, 2.24) is 20.8 Å². The second-order valence-corrected chi connectivity index (χ2v) is 9.04. The lowest BCUT2D eigenvalue weighted by atomic mass is 10.00. The van der Waals surface area contributed by atoms with Crippen LogP contribution in [0.25, 0.3) is 27.7 Å². The summed E-state index contributed by atoms with van der Waals surface area (Å²) in [5, 5.41) is 11.6. The van der Waals surface area contributed by atoms with Crippen LogP contribution in [0.1, 0.15) is 50.3 Å². The molecule has 1 saturated heterocycles. The molecule has 170 valence electrons. The highest BCUT2D eigenvalue weighted by Gasteiger charge is 2.28. The third kappa shape index (κ3) is 4.50. The first-order valence-corrected chi connectivity index (χ1v) is 11.7. The lowest BCUT2D eigenvalue weighted by Crippen LogP contribution is -2.41. The zero-order valence-electron chi connectivity index (χ0n) is 19.1. The molecule has 1 aliphatic heterocycles. The molecule has 5 rings (SSSR count). The van der Waals surface area contributed by atoms with Gasteiger partial charge >= 0.3 is 0 Å². The smallest absolute Gasteiger partial charge is 0.256 e. The van der Waals surface area contributed by atoms with Crippen LogP contribution in [0.5, 0.6) is 5.75 Å². The fourth-order valence-corrected chi connectivity index (χ4v) is 4.85. The molecule has 7 heteroatoms. The molecule has 0 radical (unpaired) electrons. The zero-order chi connectivity index (χ0) is 22.8. The highest BCUT2D eigenvalue weighted by molar-refractivity contribution is 5.70. The summed E-state index contributed by atoms with van der Waals surface area (Å²) in [6.07, 6.45) is 4.44. The average molecular weight is 444 g/mol. The Morgan fingerprint density at radius 3 is 2.82 bits per heavy atom. The fourth-order valence-electron chi connectivity index (χ4n) is 4.85. The number of nitrogens with one attached hydrogen (secondary N) is 2. The molecule has 33 heavy (non-hydrogen) atoms. The minimum atomic E-state index is -0.000344. The molecule has 7 nitrogen and oxygen atoms in total. The molecule has 2 aromatic carbocycles. The number of benzene rings is 2. The van der Waals surface area contributed by atoms with Gasteiger partial charge in [-0.3, -0.25) is 0 Å². The predicted octanol–water partition coefficient (Wildman–Crippen LogP) is 5.07. The Hall–Kier alpha value is -3.21. The van der Waals surface area contributed by atoms with E-state index in [9.17, 15) is 0 Å². The van der Waals surface area contributed by atoms with Crippen LogP contribution in [0.4, 0.5) is 5.69 Å². The average Bonchev–Trinajstić information content (AvgIpc) is 3.48. The molecular formula is C26H29N5O2. The maximum atomic E-state index is 7.49. The van der Waals surface area contributed by atoms with Gasteiger partial charge in [0.25, 0.3) is 5.89 Å². The maximum Gasteiger partial charge on any atom is 0.256 e. The van der Waals surface area contributed by atoms with E-state index in [1.807, 2.05) is 19.9 Å². The van der Waals surface area contributed by atoms with Crippen molar-refractivity contribution in [3.63, 3.8) is 0 Å². The predicted molar refractivity (Wildman–Crippen MR) is 127 cm³/mol. The van der Waals surface area contributed by atoms with Crippen molar-refractivity contribution >= 4 is 5.69 Å². The first-order valence-electron chi connectivity index (χ1n) is 11.7. The summed E-state index contributed by atoms with van der Waals surface area (Å²) in [5.41, 5.74) is 4.84. The van der Waals surface area contributed by atoms with Gasteiger partial charge in [-0.15, -0.1) is 0 Å². The molecule has 2 heterocycles. The Morgan fingerprint density at radius 1 is 1.18 bits per heavy atom. The normalized spacial score (nSPS) is 18.3. The van der Waals surface area contributed by atoms with Crippen LogP contribution in [0.15, 0.2) is 40.9 Å². The fraction of sp³-hybridized carbons (Fsp3) is 0.423. The third-order valence-electron chi connectivity index (χ3n) is 6.40. The van der Waals surface area contributed by atoms with Crippen LogP contribution in [0.2, 0.25) is 0 Å². The van der Waals surface area contributed by atoms with Gasteiger partial charge in [-0.2, -0.15) is 4.98 Å². The van der Waals surface area contributed by atoms with Crippen LogP contribution in [0, 0.1) is 6.57 Å². The Balaban J connectivity index is 1.39. The van der Waals surface area contributed by atoms with Crippen molar-refractivity contribution in [2.75, 3.05) is 13.1 Å². The molecule has 3 aromatic rings. The lowest BCUT2D eigenvalue weighted by Gasteiger charge is -2.27. The minimum absolute atomic E-state index is 0.000344. The molecule has 2 N–H and O–H groups in total. The Bertz CT molecular complexity index is 1170. The number of fused-ring (bicyclic) bond motifs is 1. The summed E-state index contributed by atoms with van der Waals surface area (Å²) >= 11 is 0. The van der Waals surface area contributed by atoms with Gasteiger partial charge in [0.05, 0.1) is 12.7 Å². The van der Waals surface area contributed by atoms with Crippen LogP contribution in [-0.4, -0.2) is 35.4 Å².